The molecule has 0 aliphatic carbocycles. The van der Waals surface area contributed by atoms with Gasteiger partial charge in [-0.3, -0.25) is 0 Å². The number of benzene rings is 2. The molecule has 0 aliphatic heterocycles. The monoisotopic (exact) mass is 374 g/mol. The third kappa shape index (κ3) is 3.92. The molecule has 1 heterocycles. The van der Waals surface area contributed by atoms with Crippen LogP contribution in [0.15, 0.2) is 47.8 Å². The van der Waals surface area contributed by atoms with Gasteiger partial charge >= 0.3 is 5.97 Å². The molecule has 0 atom stereocenters. The second-order valence-electron chi connectivity index (χ2n) is 5.16. The van der Waals surface area contributed by atoms with Crippen LogP contribution in [0, 0.1) is 0 Å². The molecule has 128 valence electrons. The van der Waals surface area contributed by atoms with Crippen LogP contribution < -0.4 is 10.5 Å². The van der Waals surface area contributed by atoms with Crippen LogP contribution in [0.4, 0.5) is 5.69 Å². The van der Waals surface area contributed by atoms with Crippen molar-refractivity contribution in [1.29, 1.82) is 0 Å². The van der Waals surface area contributed by atoms with E-state index in [1.807, 2.05) is 35.7 Å². The first-order chi connectivity index (χ1) is 12.1. The fourth-order valence-electron chi connectivity index (χ4n) is 2.20. The molecule has 1 aromatic heterocycles. The summed E-state index contributed by atoms with van der Waals surface area (Å²) in [7, 11) is 1.45. The summed E-state index contributed by atoms with van der Waals surface area (Å²) in [6.07, 6.45) is 0. The number of aromatic nitrogens is 1. The summed E-state index contributed by atoms with van der Waals surface area (Å²) in [5, 5.41) is 3.01. The Morgan fingerprint density at radius 2 is 2.04 bits per heavy atom. The molecule has 0 saturated heterocycles. The molecule has 25 heavy (non-hydrogen) atoms. The third-order valence-electron chi connectivity index (χ3n) is 3.46. The molecule has 5 nitrogen and oxygen atoms in total. The Balaban J connectivity index is 1.71. The highest BCUT2D eigenvalue weighted by Gasteiger charge is 2.17. The quantitative estimate of drug-likeness (QED) is 0.528. The summed E-state index contributed by atoms with van der Waals surface area (Å²) in [4.78, 5) is 16.8. The number of nitrogens with two attached hydrogens (primary N) is 1. The maximum Gasteiger partial charge on any atom is 0.342 e. The normalized spacial score (nSPS) is 10.5. The fourth-order valence-corrected chi connectivity index (χ4v) is 3.18. The zero-order chi connectivity index (χ0) is 17.8. The Bertz CT molecular complexity index is 897. The average molecular weight is 375 g/mol. The van der Waals surface area contributed by atoms with Gasteiger partial charge in [0.15, 0.2) is 0 Å². The number of methoxy groups -OCH3 is 1. The number of carbonyl (C=O) groups excluding carboxylic acids is 1. The number of anilines is 1. The van der Waals surface area contributed by atoms with Gasteiger partial charge in [-0.15, -0.1) is 11.3 Å². The third-order valence-corrected chi connectivity index (χ3v) is 4.73. The van der Waals surface area contributed by atoms with E-state index < -0.39 is 5.97 Å². The molecular weight excluding hydrogens is 360 g/mol. The summed E-state index contributed by atoms with van der Waals surface area (Å²) < 4.78 is 10.5. The van der Waals surface area contributed by atoms with Crippen LogP contribution in [-0.2, 0) is 11.3 Å². The SMILES string of the molecule is COc1cc(N)c(Cl)cc1C(=O)OCc1csc(-c2ccccc2)n1. The smallest absolute Gasteiger partial charge is 0.342 e. The van der Waals surface area contributed by atoms with Gasteiger partial charge in [0.05, 0.1) is 23.5 Å². The van der Waals surface area contributed by atoms with E-state index in [4.69, 9.17) is 26.8 Å². The van der Waals surface area contributed by atoms with E-state index in [1.54, 1.807) is 0 Å². The first-order valence-corrected chi connectivity index (χ1v) is 8.64. The number of thiazole rings is 1. The summed E-state index contributed by atoms with van der Waals surface area (Å²) in [5.74, 6) is -0.233. The molecule has 0 bridgehead atoms. The van der Waals surface area contributed by atoms with Crippen molar-refractivity contribution in [2.75, 3.05) is 12.8 Å². The summed E-state index contributed by atoms with van der Waals surface area (Å²) in [6, 6.07) is 12.8. The Labute approximate surface area is 154 Å². The molecule has 0 saturated carbocycles. The lowest BCUT2D eigenvalue weighted by atomic mass is 10.2. The zero-order valence-corrected chi connectivity index (χ0v) is 14.9. The van der Waals surface area contributed by atoms with Crippen molar-refractivity contribution in [3.8, 4) is 16.3 Å². The topological polar surface area (TPSA) is 74.4 Å². The predicted molar refractivity (Wildman–Crippen MR) is 99.1 cm³/mol. The fraction of sp³-hybridized carbons (Fsp3) is 0.111. The zero-order valence-electron chi connectivity index (χ0n) is 13.4. The van der Waals surface area contributed by atoms with Crippen LogP contribution in [0.3, 0.4) is 0 Å². The number of nitrogen functional groups attached to an aromatic ring is 1. The second kappa shape index (κ2) is 7.55. The van der Waals surface area contributed by atoms with E-state index in [-0.39, 0.29) is 17.2 Å². The molecule has 0 unspecified atom stereocenters. The van der Waals surface area contributed by atoms with Gasteiger partial charge in [0.2, 0.25) is 0 Å². The van der Waals surface area contributed by atoms with Crippen LogP contribution in [0.2, 0.25) is 5.02 Å². The highest BCUT2D eigenvalue weighted by molar-refractivity contribution is 7.13. The highest BCUT2D eigenvalue weighted by Crippen LogP contribution is 2.30. The number of ether oxygens (including phenoxy) is 2. The van der Waals surface area contributed by atoms with Gasteiger partial charge in [-0.2, -0.15) is 0 Å². The Kier molecular flexibility index (Phi) is 5.21. The summed E-state index contributed by atoms with van der Waals surface area (Å²) in [5.41, 5.74) is 7.98. The van der Waals surface area contributed by atoms with E-state index in [1.165, 1.54) is 30.6 Å². The molecular formula is C18H15ClN2O3S. The van der Waals surface area contributed by atoms with E-state index in [0.717, 1.165) is 10.6 Å². The number of hydrogen-bond acceptors (Lipinski definition) is 6. The highest BCUT2D eigenvalue weighted by atomic mass is 35.5. The summed E-state index contributed by atoms with van der Waals surface area (Å²) >= 11 is 7.47. The van der Waals surface area contributed by atoms with Gasteiger partial charge in [-0.1, -0.05) is 41.9 Å². The minimum atomic E-state index is -0.548. The van der Waals surface area contributed by atoms with Gasteiger partial charge in [0, 0.05) is 17.0 Å². The van der Waals surface area contributed by atoms with Crippen molar-refractivity contribution in [2.45, 2.75) is 6.61 Å². The lowest BCUT2D eigenvalue weighted by Gasteiger charge is -2.10. The molecule has 0 spiro atoms. The lowest BCUT2D eigenvalue weighted by Crippen LogP contribution is -2.08. The van der Waals surface area contributed by atoms with Gasteiger partial charge in [-0.25, -0.2) is 9.78 Å². The first-order valence-electron chi connectivity index (χ1n) is 7.38. The van der Waals surface area contributed by atoms with E-state index >= 15 is 0 Å². The number of esters is 1. The standard InChI is InChI=1S/C18H15ClN2O3S/c1-23-16-8-15(20)14(19)7-13(16)18(22)24-9-12-10-25-17(21-12)11-5-3-2-4-6-11/h2-8,10H,9,20H2,1H3. The maximum atomic E-state index is 12.3. The number of rotatable bonds is 5. The molecule has 2 aromatic carbocycles. The van der Waals surface area contributed by atoms with Gasteiger partial charge in [-0.05, 0) is 6.07 Å². The van der Waals surface area contributed by atoms with Crippen molar-refractivity contribution in [2.24, 2.45) is 0 Å². The molecule has 0 amide bonds. The van der Waals surface area contributed by atoms with Crippen molar-refractivity contribution in [1.82, 2.24) is 4.98 Å². The number of hydrogen-bond donors (Lipinski definition) is 1. The van der Waals surface area contributed by atoms with E-state index in [9.17, 15) is 4.79 Å². The molecule has 2 N–H and O–H groups in total. The van der Waals surface area contributed by atoms with Crippen LogP contribution in [0.1, 0.15) is 16.1 Å². The number of nitrogens with zero attached hydrogens (tertiary/aromatic N) is 1. The summed E-state index contributed by atoms with van der Waals surface area (Å²) in [6.45, 7) is 0.0628. The molecule has 3 aromatic rings. The largest absolute Gasteiger partial charge is 0.496 e. The van der Waals surface area contributed by atoms with Crippen molar-refractivity contribution < 1.29 is 14.3 Å². The molecule has 0 fully saturated rings. The van der Waals surface area contributed by atoms with Crippen LogP contribution >= 0.6 is 22.9 Å². The van der Waals surface area contributed by atoms with Crippen molar-refractivity contribution >= 4 is 34.6 Å². The predicted octanol–water partition coefficient (Wildman–Crippen LogP) is 4.41. The average Bonchev–Trinajstić information content (AvgIpc) is 3.11. The maximum absolute atomic E-state index is 12.3. The van der Waals surface area contributed by atoms with Crippen LogP contribution in [0.25, 0.3) is 10.6 Å². The number of carbonyl (C=O) groups is 1. The van der Waals surface area contributed by atoms with Gasteiger partial charge in [0.1, 0.15) is 22.9 Å². The van der Waals surface area contributed by atoms with Crippen LogP contribution in [0.5, 0.6) is 5.75 Å². The second-order valence-corrected chi connectivity index (χ2v) is 6.43. The molecule has 3 rings (SSSR count). The minimum Gasteiger partial charge on any atom is -0.496 e. The van der Waals surface area contributed by atoms with Crippen molar-refractivity contribution in [3.05, 3.63) is 64.1 Å². The van der Waals surface area contributed by atoms with Crippen LogP contribution in [-0.4, -0.2) is 18.1 Å². The minimum absolute atomic E-state index is 0.0628. The molecule has 0 radical (unpaired) electrons. The molecule has 7 heteroatoms. The Morgan fingerprint density at radius 3 is 2.76 bits per heavy atom. The Morgan fingerprint density at radius 1 is 1.28 bits per heavy atom. The molecule has 0 aliphatic rings. The first kappa shape index (κ1) is 17.3. The number of halogens is 1. The Hall–Kier alpha value is -2.57. The lowest BCUT2D eigenvalue weighted by molar-refractivity contribution is 0.0465. The van der Waals surface area contributed by atoms with E-state index in [2.05, 4.69) is 4.98 Å². The van der Waals surface area contributed by atoms with E-state index in [0.29, 0.717) is 17.1 Å². The van der Waals surface area contributed by atoms with Gasteiger partial charge in [0.25, 0.3) is 0 Å². The van der Waals surface area contributed by atoms with Crippen molar-refractivity contribution in [3.63, 3.8) is 0 Å². The van der Waals surface area contributed by atoms with Gasteiger partial charge < -0.3 is 15.2 Å².